The molecule has 1 aliphatic rings. The maximum Gasteiger partial charge on any atom is 0.271 e. The van der Waals surface area contributed by atoms with Gasteiger partial charge in [-0.05, 0) is 60.9 Å². The lowest BCUT2D eigenvalue weighted by Gasteiger charge is -2.16. The number of aromatic nitrogens is 1. The fraction of sp³-hybridized carbons (Fsp3) is 0.208. The number of carbonyl (C=O) groups excluding carboxylic acids is 1. The van der Waals surface area contributed by atoms with Crippen molar-refractivity contribution in [2.45, 2.75) is 20.4 Å². The second-order valence-corrected chi connectivity index (χ2v) is 7.95. The summed E-state index contributed by atoms with van der Waals surface area (Å²) in [4.78, 5) is 25.9. The van der Waals surface area contributed by atoms with Gasteiger partial charge in [-0.15, -0.1) is 0 Å². The molecule has 0 bridgehead atoms. The SMILES string of the molecule is Cc1cc(Cl)ccc1OCC(=O)c1c(C)c(C#N)c(=O)n(Cc2ccc3c(c2)OCO3)c1O. The number of pyridine rings is 1. The first-order valence-electron chi connectivity index (χ1n) is 9.97. The first kappa shape index (κ1) is 22.2. The molecule has 0 saturated heterocycles. The Hall–Kier alpha value is -3.96. The van der Waals surface area contributed by atoms with Crippen molar-refractivity contribution in [3.05, 3.63) is 79.6 Å². The maximum atomic E-state index is 13.0. The fourth-order valence-corrected chi connectivity index (χ4v) is 3.87. The number of nitriles is 1. The lowest BCUT2D eigenvalue weighted by molar-refractivity contribution is 0.0916. The quantitative estimate of drug-likeness (QED) is 0.551. The average Bonchev–Trinajstić information content (AvgIpc) is 3.24. The number of fused-ring (bicyclic) bond motifs is 1. The van der Waals surface area contributed by atoms with Gasteiger partial charge in [0.25, 0.3) is 5.56 Å². The Morgan fingerprint density at radius 2 is 1.97 bits per heavy atom. The van der Waals surface area contributed by atoms with Gasteiger partial charge in [0.2, 0.25) is 18.5 Å². The zero-order chi connectivity index (χ0) is 23.7. The predicted octanol–water partition coefficient (Wildman–Crippen LogP) is 3.73. The van der Waals surface area contributed by atoms with E-state index in [4.69, 9.17) is 25.8 Å². The highest BCUT2D eigenvalue weighted by Gasteiger charge is 2.25. The van der Waals surface area contributed by atoms with E-state index in [1.54, 1.807) is 43.3 Å². The van der Waals surface area contributed by atoms with Crippen LogP contribution in [-0.2, 0) is 6.54 Å². The number of Topliss-reactive ketones (excluding diaryl/α,β-unsaturated/α-hetero) is 1. The Morgan fingerprint density at radius 1 is 1.21 bits per heavy atom. The van der Waals surface area contributed by atoms with Gasteiger partial charge in [0.15, 0.2) is 18.1 Å². The van der Waals surface area contributed by atoms with Gasteiger partial charge in [-0.25, -0.2) is 0 Å². The monoisotopic (exact) mass is 466 g/mol. The van der Waals surface area contributed by atoms with E-state index in [2.05, 4.69) is 0 Å². The second kappa shape index (κ2) is 8.88. The van der Waals surface area contributed by atoms with Crippen LogP contribution in [0.25, 0.3) is 0 Å². The largest absolute Gasteiger partial charge is 0.494 e. The number of aromatic hydroxyl groups is 1. The molecule has 0 saturated carbocycles. The van der Waals surface area contributed by atoms with Crippen molar-refractivity contribution in [1.29, 1.82) is 5.26 Å². The molecule has 0 amide bonds. The molecule has 33 heavy (non-hydrogen) atoms. The summed E-state index contributed by atoms with van der Waals surface area (Å²) in [5.41, 5.74) is 0.398. The number of carbonyl (C=O) groups is 1. The highest BCUT2D eigenvalue weighted by Crippen LogP contribution is 2.33. The third-order valence-electron chi connectivity index (χ3n) is 5.35. The van der Waals surface area contributed by atoms with E-state index in [0.717, 1.165) is 10.1 Å². The Labute approximate surface area is 194 Å². The number of nitrogens with zero attached hydrogens (tertiary/aromatic N) is 2. The van der Waals surface area contributed by atoms with E-state index in [1.807, 2.05) is 6.07 Å². The van der Waals surface area contributed by atoms with Gasteiger partial charge in [0, 0.05) is 5.02 Å². The molecule has 2 aromatic carbocycles. The molecule has 3 aromatic rings. The molecule has 0 fully saturated rings. The molecule has 0 unspecified atom stereocenters. The number of benzene rings is 2. The summed E-state index contributed by atoms with van der Waals surface area (Å²) in [6.45, 7) is 2.86. The Bertz CT molecular complexity index is 1370. The molecule has 1 aromatic heterocycles. The van der Waals surface area contributed by atoms with Crippen LogP contribution >= 0.6 is 11.6 Å². The molecule has 1 aliphatic heterocycles. The minimum absolute atomic E-state index is 0.0757. The summed E-state index contributed by atoms with van der Waals surface area (Å²) in [6, 6.07) is 11.9. The summed E-state index contributed by atoms with van der Waals surface area (Å²) < 4.78 is 17.2. The van der Waals surface area contributed by atoms with Crippen LogP contribution in [0.15, 0.2) is 41.2 Å². The van der Waals surface area contributed by atoms with Crippen molar-refractivity contribution in [3.8, 4) is 29.2 Å². The number of hydrogen-bond acceptors (Lipinski definition) is 7. The standard InChI is InChI=1S/C24H19ClN2O6/c1-13-7-16(25)4-6-19(13)31-11-18(28)22-14(2)17(9-26)23(29)27(24(22)30)10-15-3-5-20-21(8-15)33-12-32-20/h3-8,30H,10-12H2,1-2H3. The van der Waals surface area contributed by atoms with Crippen LogP contribution in [0.4, 0.5) is 0 Å². The zero-order valence-electron chi connectivity index (χ0n) is 17.8. The molecule has 0 aliphatic carbocycles. The minimum Gasteiger partial charge on any atom is -0.494 e. The van der Waals surface area contributed by atoms with Gasteiger partial charge in [0.1, 0.15) is 17.4 Å². The summed E-state index contributed by atoms with van der Waals surface area (Å²) in [6.07, 6.45) is 0. The highest BCUT2D eigenvalue weighted by molar-refractivity contribution is 6.30. The van der Waals surface area contributed by atoms with Crippen LogP contribution < -0.4 is 19.8 Å². The van der Waals surface area contributed by atoms with E-state index < -0.39 is 23.8 Å². The van der Waals surface area contributed by atoms with Crippen molar-refractivity contribution in [1.82, 2.24) is 4.57 Å². The Kier molecular flexibility index (Phi) is 5.99. The summed E-state index contributed by atoms with van der Waals surface area (Å²) >= 11 is 5.95. The third-order valence-corrected chi connectivity index (χ3v) is 5.59. The topological polar surface area (TPSA) is 111 Å². The van der Waals surface area contributed by atoms with Crippen LogP contribution in [0.1, 0.15) is 32.6 Å². The Morgan fingerprint density at radius 3 is 2.70 bits per heavy atom. The molecule has 4 rings (SSSR count). The zero-order valence-corrected chi connectivity index (χ0v) is 18.6. The van der Waals surface area contributed by atoms with Gasteiger partial charge in [-0.2, -0.15) is 5.26 Å². The first-order valence-corrected chi connectivity index (χ1v) is 10.3. The molecule has 8 nitrogen and oxygen atoms in total. The van der Waals surface area contributed by atoms with E-state index in [9.17, 15) is 20.0 Å². The summed E-state index contributed by atoms with van der Waals surface area (Å²) in [7, 11) is 0. The van der Waals surface area contributed by atoms with Crippen LogP contribution in [-0.4, -0.2) is 28.9 Å². The predicted molar refractivity (Wildman–Crippen MR) is 120 cm³/mol. The van der Waals surface area contributed by atoms with Crippen LogP contribution in [0.3, 0.4) is 0 Å². The van der Waals surface area contributed by atoms with Crippen molar-refractivity contribution in [3.63, 3.8) is 0 Å². The number of halogens is 1. The molecule has 2 heterocycles. The van der Waals surface area contributed by atoms with Crippen molar-refractivity contribution in [2.75, 3.05) is 13.4 Å². The Balaban J connectivity index is 1.68. The molecular formula is C24H19ClN2O6. The summed E-state index contributed by atoms with van der Waals surface area (Å²) in [5, 5.41) is 21.0. The molecule has 9 heteroatoms. The van der Waals surface area contributed by atoms with Crippen molar-refractivity contribution >= 4 is 17.4 Å². The maximum absolute atomic E-state index is 13.0. The second-order valence-electron chi connectivity index (χ2n) is 7.51. The molecule has 168 valence electrons. The number of ketones is 1. The molecule has 0 atom stereocenters. The van der Waals surface area contributed by atoms with Crippen LogP contribution in [0.5, 0.6) is 23.1 Å². The van der Waals surface area contributed by atoms with E-state index in [-0.39, 0.29) is 30.0 Å². The number of aryl methyl sites for hydroxylation is 1. The first-order chi connectivity index (χ1) is 15.8. The number of hydrogen-bond donors (Lipinski definition) is 1. The van der Waals surface area contributed by atoms with Crippen LogP contribution in [0.2, 0.25) is 5.02 Å². The normalized spacial score (nSPS) is 11.8. The van der Waals surface area contributed by atoms with E-state index in [0.29, 0.717) is 27.8 Å². The van der Waals surface area contributed by atoms with Gasteiger partial charge < -0.3 is 19.3 Å². The van der Waals surface area contributed by atoms with Crippen molar-refractivity contribution in [2.24, 2.45) is 0 Å². The number of rotatable bonds is 6. The van der Waals surface area contributed by atoms with Gasteiger partial charge in [-0.1, -0.05) is 17.7 Å². The lowest BCUT2D eigenvalue weighted by atomic mass is 10.0. The van der Waals surface area contributed by atoms with E-state index in [1.165, 1.54) is 6.92 Å². The molecular weight excluding hydrogens is 448 g/mol. The van der Waals surface area contributed by atoms with Gasteiger partial charge in [-0.3, -0.25) is 14.2 Å². The third kappa shape index (κ3) is 4.23. The highest BCUT2D eigenvalue weighted by atomic mass is 35.5. The smallest absolute Gasteiger partial charge is 0.271 e. The number of ether oxygens (including phenoxy) is 3. The molecule has 0 spiro atoms. The van der Waals surface area contributed by atoms with E-state index >= 15 is 0 Å². The molecule has 1 N–H and O–H groups in total. The summed E-state index contributed by atoms with van der Waals surface area (Å²) in [5.74, 6) is 0.433. The minimum atomic E-state index is -0.698. The van der Waals surface area contributed by atoms with Crippen LogP contribution in [0, 0.1) is 25.2 Å². The average molecular weight is 467 g/mol. The van der Waals surface area contributed by atoms with Gasteiger partial charge >= 0.3 is 0 Å². The van der Waals surface area contributed by atoms with Gasteiger partial charge in [0.05, 0.1) is 12.1 Å². The fourth-order valence-electron chi connectivity index (χ4n) is 3.64. The molecule has 0 radical (unpaired) electrons. The van der Waals surface area contributed by atoms with Crippen molar-refractivity contribution < 1.29 is 24.1 Å². The lowest BCUT2D eigenvalue weighted by Crippen LogP contribution is -2.28.